The van der Waals surface area contributed by atoms with Crippen LogP contribution in [0.15, 0.2) is 0 Å². The number of thiophene rings is 1. The molecule has 2 N–H and O–H groups in total. The highest BCUT2D eigenvalue weighted by Crippen LogP contribution is 2.34. The summed E-state index contributed by atoms with van der Waals surface area (Å²) in [4.78, 5) is 37.0. The fourth-order valence-corrected chi connectivity index (χ4v) is 3.16. The Kier molecular flexibility index (Phi) is 8.23. The highest BCUT2D eigenvalue weighted by molar-refractivity contribution is 7.18. The molecule has 7 nitrogen and oxygen atoms in total. The molecule has 0 aliphatic rings. The van der Waals surface area contributed by atoms with E-state index in [1.54, 1.807) is 20.8 Å². The smallest absolute Gasteiger partial charge is 0.348 e. The molecule has 1 aromatic rings. The van der Waals surface area contributed by atoms with Gasteiger partial charge in [0, 0.05) is 5.54 Å². The third-order valence-corrected chi connectivity index (χ3v) is 5.14. The first kappa shape index (κ1) is 22.1. The molecule has 0 fully saturated rings. The quantitative estimate of drug-likeness (QED) is 0.635. The Balaban J connectivity index is 3.07. The van der Waals surface area contributed by atoms with E-state index >= 15 is 0 Å². The fraction of sp³-hybridized carbons (Fsp3) is 0.611. The number of ether oxygens (including phenoxy) is 2. The van der Waals surface area contributed by atoms with Gasteiger partial charge in [-0.15, -0.1) is 11.3 Å². The summed E-state index contributed by atoms with van der Waals surface area (Å²) in [6.45, 7) is 11.6. The van der Waals surface area contributed by atoms with Crippen LogP contribution in [0.5, 0.6) is 0 Å². The van der Waals surface area contributed by atoms with Crippen molar-refractivity contribution in [1.29, 1.82) is 0 Å². The first-order valence-corrected chi connectivity index (χ1v) is 9.50. The van der Waals surface area contributed by atoms with Crippen molar-refractivity contribution in [3.63, 3.8) is 0 Å². The molecule has 0 unspecified atom stereocenters. The van der Waals surface area contributed by atoms with Gasteiger partial charge in [-0.2, -0.15) is 0 Å². The number of anilines is 1. The largest absolute Gasteiger partial charge is 0.462 e. The zero-order chi connectivity index (χ0) is 19.9. The number of carbonyl (C=O) groups is 3. The zero-order valence-corrected chi connectivity index (χ0v) is 17.1. The molecule has 0 bridgehead atoms. The lowest BCUT2D eigenvalue weighted by atomic mass is 10.0. The monoisotopic (exact) mass is 384 g/mol. The van der Waals surface area contributed by atoms with Gasteiger partial charge in [0.25, 0.3) is 0 Å². The average molecular weight is 384 g/mol. The molecule has 0 aliphatic heterocycles. The van der Waals surface area contributed by atoms with E-state index < -0.39 is 11.9 Å². The van der Waals surface area contributed by atoms with Gasteiger partial charge in [0.05, 0.1) is 25.3 Å². The van der Waals surface area contributed by atoms with Gasteiger partial charge in [-0.25, -0.2) is 9.59 Å². The summed E-state index contributed by atoms with van der Waals surface area (Å²) in [6, 6.07) is 0. The molecule has 0 radical (unpaired) electrons. The molecule has 26 heavy (non-hydrogen) atoms. The number of carbonyl (C=O) groups excluding carboxylic acids is 3. The molecule has 1 aromatic heterocycles. The van der Waals surface area contributed by atoms with Crippen LogP contribution in [0.25, 0.3) is 0 Å². The molecule has 1 heterocycles. The van der Waals surface area contributed by atoms with Crippen molar-refractivity contribution in [1.82, 2.24) is 5.32 Å². The molecular weight excluding hydrogens is 356 g/mol. The Bertz CT molecular complexity index is 667. The summed E-state index contributed by atoms with van der Waals surface area (Å²) in [7, 11) is 0. The van der Waals surface area contributed by atoms with Crippen LogP contribution >= 0.6 is 11.3 Å². The molecule has 0 spiro atoms. The number of nitrogens with one attached hydrogen (secondary N) is 2. The van der Waals surface area contributed by atoms with Gasteiger partial charge in [0.1, 0.15) is 9.88 Å². The van der Waals surface area contributed by atoms with Crippen LogP contribution in [0.1, 0.15) is 66.6 Å². The van der Waals surface area contributed by atoms with Crippen molar-refractivity contribution in [2.24, 2.45) is 0 Å². The minimum atomic E-state index is -0.575. The second-order valence-corrected chi connectivity index (χ2v) is 7.36. The van der Waals surface area contributed by atoms with E-state index in [-0.39, 0.29) is 41.6 Å². The second-order valence-electron chi connectivity index (χ2n) is 6.34. The molecular formula is C18H28N2O5S. The lowest BCUT2D eigenvalue weighted by Crippen LogP contribution is -2.43. The van der Waals surface area contributed by atoms with Crippen LogP contribution in [0.2, 0.25) is 0 Å². The fourth-order valence-electron chi connectivity index (χ4n) is 2.06. The van der Waals surface area contributed by atoms with Crippen LogP contribution in [-0.2, 0) is 14.3 Å². The van der Waals surface area contributed by atoms with Gasteiger partial charge in [-0.05, 0) is 46.6 Å². The third-order valence-electron chi connectivity index (χ3n) is 3.95. The van der Waals surface area contributed by atoms with E-state index in [4.69, 9.17) is 9.47 Å². The number of rotatable bonds is 9. The molecule has 8 heteroatoms. The Labute approximate surface area is 158 Å². The van der Waals surface area contributed by atoms with Gasteiger partial charge < -0.3 is 20.1 Å². The maximum Gasteiger partial charge on any atom is 0.348 e. The zero-order valence-electron chi connectivity index (χ0n) is 16.3. The summed E-state index contributed by atoms with van der Waals surface area (Å²) < 4.78 is 10.1. The maximum atomic E-state index is 12.3. The van der Waals surface area contributed by atoms with E-state index in [9.17, 15) is 14.4 Å². The van der Waals surface area contributed by atoms with Crippen molar-refractivity contribution in [3.05, 3.63) is 16.0 Å². The van der Waals surface area contributed by atoms with Crippen molar-refractivity contribution in [3.8, 4) is 0 Å². The first-order chi connectivity index (χ1) is 12.2. The van der Waals surface area contributed by atoms with Crippen LogP contribution in [-0.4, -0.2) is 43.1 Å². The van der Waals surface area contributed by atoms with Gasteiger partial charge in [-0.1, -0.05) is 6.92 Å². The van der Waals surface area contributed by atoms with E-state index in [2.05, 4.69) is 10.6 Å². The van der Waals surface area contributed by atoms with Crippen molar-refractivity contribution in [2.45, 2.75) is 53.5 Å². The molecule has 146 valence electrons. The Morgan fingerprint density at radius 2 is 1.62 bits per heavy atom. The van der Waals surface area contributed by atoms with E-state index in [1.165, 1.54) is 0 Å². The highest BCUT2D eigenvalue weighted by atomic mass is 32.1. The standard InChI is InChI=1S/C18H28N2O5S/c1-7-18(5,6)19-10-12(21)20-15-13(16(22)24-8-2)11(4)14(26-15)17(23)25-9-3/h19H,7-10H2,1-6H3,(H,20,21). The van der Waals surface area contributed by atoms with Crippen LogP contribution in [0.4, 0.5) is 5.00 Å². The molecule has 0 aliphatic carbocycles. The van der Waals surface area contributed by atoms with Crippen LogP contribution in [0, 0.1) is 6.92 Å². The van der Waals surface area contributed by atoms with Gasteiger partial charge in [0.2, 0.25) is 5.91 Å². The summed E-state index contributed by atoms with van der Waals surface area (Å²) in [5, 5.41) is 6.16. The predicted octanol–water partition coefficient (Wildman–Crippen LogP) is 3.13. The molecule has 0 atom stereocenters. The van der Waals surface area contributed by atoms with Crippen LogP contribution < -0.4 is 10.6 Å². The minimum absolute atomic E-state index is 0.0921. The highest BCUT2D eigenvalue weighted by Gasteiger charge is 2.27. The predicted molar refractivity (Wildman–Crippen MR) is 102 cm³/mol. The number of amides is 1. The molecule has 1 amide bonds. The first-order valence-electron chi connectivity index (χ1n) is 8.69. The van der Waals surface area contributed by atoms with Crippen LogP contribution in [0.3, 0.4) is 0 Å². The second kappa shape index (κ2) is 9.68. The third kappa shape index (κ3) is 5.81. The molecule has 0 saturated heterocycles. The minimum Gasteiger partial charge on any atom is -0.462 e. The Hall–Kier alpha value is -1.93. The van der Waals surface area contributed by atoms with E-state index in [0.29, 0.717) is 10.6 Å². The number of hydrogen-bond acceptors (Lipinski definition) is 7. The van der Waals surface area contributed by atoms with Gasteiger partial charge in [0.15, 0.2) is 0 Å². The van der Waals surface area contributed by atoms with Crippen molar-refractivity contribution in [2.75, 3.05) is 25.1 Å². The normalized spacial score (nSPS) is 11.2. The maximum absolute atomic E-state index is 12.3. The Morgan fingerprint density at radius 3 is 2.15 bits per heavy atom. The lowest BCUT2D eigenvalue weighted by molar-refractivity contribution is -0.115. The molecule has 1 rings (SSSR count). The van der Waals surface area contributed by atoms with Gasteiger partial charge in [-0.3, -0.25) is 4.79 Å². The lowest BCUT2D eigenvalue weighted by Gasteiger charge is -2.24. The van der Waals surface area contributed by atoms with E-state index in [1.807, 2.05) is 20.8 Å². The van der Waals surface area contributed by atoms with Crippen molar-refractivity contribution < 1.29 is 23.9 Å². The summed E-state index contributed by atoms with van der Waals surface area (Å²) in [6.07, 6.45) is 0.861. The summed E-state index contributed by atoms with van der Waals surface area (Å²) in [5.74, 6) is -1.39. The topological polar surface area (TPSA) is 93.7 Å². The van der Waals surface area contributed by atoms with Crippen molar-refractivity contribution >= 4 is 34.2 Å². The molecule has 0 saturated carbocycles. The summed E-state index contributed by atoms with van der Waals surface area (Å²) >= 11 is 1.02. The Morgan fingerprint density at radius 1 is 1.04 bits per heavy atom. The van der Waals surface area contributed by atoms with E-state index in [0.717, 1.165) is 17.8 Å². The summed E-state index contributed by atoms with van der Waals surface area (Å²) in [5.41, 5.74) is 0.468. The SMILES string of the molecule is CCOC(=O)c1sc(NC(=O)CNC(C)(C)CC)c(C(=O)OCC)c1C. The number of esters is 2. The number of hydrogen-bond donors (Lipinski definition) is 2. The average Bonchev–Trinajstić information content (AvgIpc) is 2.90. The van der Waals surface area contributed by atoms with Gasteiger partial charge >= 0.3 is 11.9 Å². The molecule has 0 aromatic carbocycles.